The van der Waals surface area contributed by atoms with E-state index in [9.17, 15) is 0 Å². The summed E-state index contributed by atoms with van der Waals surface area (Å²) >= 11 is 0. The summed E-state index contributed by atoms with van der Waals surface area (Å²) in [7, 11) is 0. The first-order valence-corrected chi connectivity index (χ1v) is 54.3. The molecule has 2 N–H and O–H groups in total. The number of ether oxygens (including phenoxy) is 6. The van der Waals surface area contributed by atoms with Crippen molar-refractivity contribution in [3.8, 4) is 68.5 Å². The first kappa shape index (κ1) is 93.0. The van der Waals surface area contributed by atoms with Crippen LogP contribution in [0.4, 0.5) is 0 Å². The number of Topliss-reactive ketones (excluding diaryl/α,β-unsaturated/α-hetero) is 2. The molecule has 16 nitrogen and oxygen atoms in total. The Morgan fingerprint density at radius 3 is 0.678 bits per heavy atom. The highest BCUT2D eigenvalue weighted by atomic mass is 16.5. The zero-order chi connectivity index (χ0) is 98.9. The summed E-state index contributed by atoms with van der Waals surface area (Å²) < 4.78 is 45.1. The summed E-state index contributed by atoms with van der Waals surface area (Å²) in [4.78, 5) is 79.3. The van der Waals surface area contributed by atoms with Crippen molar-refractivity contribution in [2.45, 2.75) is 204 Å². The fourth-order valence-corrected chi connectivity index (χ4v) is 28.0. The lowest BCUT2D eigenvalue weighted by Crippen LogP contribution is -2.42. The number of benzene rings is 12. The molecule has 734 valence electrons. The van der Waals surface area contributed by atoms with Gasteiger partial charge in [-0.1, -0.05) is 375 Å². The van der Waals surface area contributed by atoms with E-state index in [2.05, 4.69) is 357 Å². The Bertz CT molecular complexity index is 6930. The Hall–Kier alpha value is -14.1. The third-order valence-electron chi connectivity index (χ3n) is 35.0. The van der Waals surface area contributed by atoms with Crippen LogP contribution in [-0.2, 0) is 40.7 Å². The molecule has 4 fully saturated rings. The van der Waals surface area contributed by atoms with Gasteiger partial charge < -0.3 is 38.4 Å². The number of nitrogens with one attached hydrogen (secondary N) is 2. The van der Waals surface area contributed by atoms with E-state index in [1.165, 1.54) is 0 Å². The van der Waals surface area contributed by atoms with Gasteiger partial charge in [0.05, 0.1) is 72.5 Å². The Morgan fingerprint density at radius 1 is 0.274 bits per heavy atom. The molecule has 15 aromatic rings. The Morgan fingerprint density at radius 2 is 0.479 bits per heavy atom. The molecular weight excluding hydrogens is 1800 g/mol. The Labute approximate surface area is 854 Å². The maximum atomic E-state index is 17.9. The second-order valence-corrected chi connectivity index (χ2v) is 42.6. The van der Waals surface area contributed by atoms with Gasteiger partial charge in [-0.15, -0.1) is 0 Å². The average Bonchev–Trinajstić information content (AvgIpc) is 1.45. The number of H-pyrrole nitrogens is 2. The number of rotatable bonds is 36. The van der Waals surface area contributed by atoms with Gasteiger partial charge in [-0.05, 0) is 187 Å². The molecule has 12 aromatic carbocycles. The molecule has 10 aliphatic rings. The van der Waals surface area contributed by atoms with Crippen molar-refractivity contribution < 1.29 is 38.0 Å². The zero-order valence-electron chi connectivity index (χ0n) is 84.7. The third kappa shape index (κ3) is 14.2. The van der Waals surface area contributed by atoms with E-state index in [-0.39, 0.29) is 35.2 Å². The van der Waals surface area contributed by atoms with Crippen LogP contribution in [0, 0.1) is 47.3 Å². The molecule has 16 atom stereocenters. The van der Waals surface area contributed by atoms with Gasteiger partial charge in [0.15, 0.2) is 57.9 Å². The monoisotopic (exact) mass is 1930 g/mol. The molecule has 25 rings (SSSR count). The van der Waals surface area contributed by atoms with Crippen LogP contribution >= 0.6 is 0 Å². The molecule has 16 unspecified atom stereocenters. The SMILES string of the molecule is CCCCC(CC)COc1cc2c(cc1OCC(CC)CCCC)-c1nc-2nc2[nH]c(nc3nc(nc4[nH]c(n1)c1cc5c(cc41)C1OC5C4C1C1(c5ccccc5)C(=O)C4(c4ccccc4)C(c4ccccc4)=C1c1ccccc1)-c1cc(OCC(CC)CCCC)c(OCC(CC)CCCC)cc1-3)c1cc3c(cc21)C1OC3C2C1C1(c3ccccc3)C(=O)C2(c2ccccc2)C(c2ccccc2)=C1c1ccccc1. The first-order valence-electron chi connectivity index (χ1n) is 54.3. The fraction of sp³-hybridized carbons (Fsp3) is 0.338. The quantitative estimate of drug-likeness (QED) is 0.0376. The standard InChI is InChI=1S/C130H126N8O8/c1-9-17-45-77(13-5)73-141-101-69-97-98(70-102(101)142-74-78(14-6)46-18-10-2)122-134-118-95-67-91-92(116-112-111(115(91)146-116)129(87-61-41-27-42-62-87)107(83-53-33-23-34-54-83)108(84-55-35-24-36-56-84)130(112,126(129)140)88-63-43-28-44-64-88)68-96(95)120(132-118)136-124-100-72-104(144-76-80(16-8)48-20-12-4)103(143-75-79(15-7)47-19-11-3)71-99(100)123(138-124)135-119-94-66-90-89(65-93(94)117(131-119)133-121(97)137-122)113-109-110(114(90)145-113)128(86-59-39-26-40-60-86)106(82-51-31-22-32-52-82)105(81-49-29-21-30-50-81)127(109,125(128)139)85-57-37-25-38-58-85/h21-44,49-72,77-80,109-116H,9-20,45-48,73-76H2,1-8H3,(H2,131,132,133,134,135,136,137,138). The van der Waals surface area contributed by atoms with Crippen LogP contribution in [0.1, 0.15) is 249 Å². The van der Waals surface area contributed by atoms with Crippen LogP contribution in [0.3, 0.4) is 0 Å². The molecule has 0 spiro atoms. The number of hydrogen-bond donors (Lipinski definition) is 2. The third-order valence-corrected chi connectivity index (χ3v) is 35.0. The van der Waals surface area contributed by atoms with Gasteiger partial charge in [0.2, 0.25) is 0 Å². The van der Waals surface area contributed by atoms with Crippen molar-refractivity contribution in [3.05, 3.63) is 358 Å². The molecule has 2 saturated heterocycles. The van der Waals surface area contributed by atoms with Gasteiger partial charge in [0.1, 0.15) is 22.6 Å². The van der Waals surface area contributed by atoms with Crippen molar-refractivity contribution in [2.75, 3.05) is 26.4 Å². The van der Waals surface area contributed by atoms with Gasteiger partial charge >= 0.3 is 0 Å². The Kier molecular flexibility index (Phi) is 24.1. The molecular formula is C130H126N8O8. The van der Waals surface area contributed by atoms with Crippen LogP contribution in [0.25, 0.3) is 112 Å². The lowest BCUT2D eigenvalue weighted by Gasteiger charge is -2.45. The molecule has 0 amide bonds. The number of carbonyl (C=O) groups excluding carboxylic acids is 2. The first-order chi connectivity index (χ1) is 71.9. The maximum absolute atomic E-state index is 17.9. The highest BCUT2D eigenvalue weighted by Gasteiger charge is 2.85. The van der Waals surface area contributed by atoms with Crippen molar-refractivity contribution >= 4 is 78.0 Å². The lowest BCUT2D eigenvalue weighted by atomic mass is 9.54. The Balaban J connectivity index is 0.768. The van der Waals surface area contributed by atoms with Crippen molar-refractivity contribution in [3.63, 3.8) is 0 Å². The van der Waals surface area contributed by atoms with E-state index in [0.717, 1.165) is 213 Å². The van der Waals surface area contributed by atoms with Gasteiger partial charge in [-0.2, -0.15) is 0 Å². The zero-order valence-corrected chi connectivity index (χ0v) is 84.7. The normalized spacial score (nSPS) is 23.5. The van der Waals surface area contributed by atoms with E-state index >= 15 is 9.59 Å². The van der Waals surface area contributed by atoms with Gasteiger partial charge in [-0.3, -0.25) is 9.59 Å². The number of allylic oxidation sites excluding steroid dienone is 4. The number of unbranched alkanes of at least 4 members (excludes halogenated alkanes) is 4. The smallest absolute Gasteiger partial charge is 0.164 e. The number of aromatic amines is 2. The molecule has 16 bridgehead atoms. The van der Waals surface area contributed by atoms with E-state index < -0.39 is 46.1 Å². The van der Waals surface area contributed by atoms with Crippen LogP contribution in [0.15, 0.2) is 291 Å². The molecule has 9 heterocycles. The molecule has 2 saturated carbocycles. The van der Waals surface area contributed by atoms with Gasteiger partial charge in [-0.25, -0.2) is 29.9 Å². The van der Waals surface area contributed by atoms with E-state index in [1.54, 1.807) is 0 Å². The highest BCUT2D eigenvalue weighted by molar-refractivity contribution is 6.32. The number of fused-ring (bicyclic) bond motifs is 44. The number of carbonyl (C=O) groups is 2. The maximum Gasteiger partial charge on any atom is 0.164 e. The average molecular weight is 1930 g/mol. The molecule has 6 aliphatic heterocycles. The lowest BCUT2D eigenvalue weighted by molar-refractivity contribution is -0.126. The summed E-state index contributed by atoms with van der Waals surface area (Å²) in [6.45, 7) is 20.0. The van der Waals surface area contributed by atoms with Crippen molar-refractivity contribution in [1.82, 2.24) is 39.9 Å². The molecule has 146 heavy (non-hydrogen) atoms. The minimum Gasteiger partial charge on any atom is -0.489 e. The summed E-state index contributed by atoms with van der Waals surface area (Å²) in [5.41, 5.74) is 15.8. The molecule has 16 heteroatoms. The van der Waals surface area contributed by atoms with Crippen LogP contribution in [-0.4, -0.2) is 77.9 Å². The number of aromatic nitrogens is 8. The highest BCUT2D eigenvalue weighted by Crippen LogP contribution is 2.84. The minimum atomic E-state index is -1.21. The number of nitrogens with zero attached hydrogens (tertiary/aromatic N) is 6. The minimum absolute atomic E-state index is 0.162. The van der Waals surface area contributed by atoms with Crippen molar-refractivity contribution in [1.29, 1.82) is 0 Å². The van der Waals surface area contributed by atoms with E-state index in [1.807, 2.05) is 0 Å². The molecule has 3 aromatic heterocycles. The van der Waals surface area contributed by atoms with E-state index in [0.29, 0.717) is 141 Å². The van der Waals surface area contributed by atoms with Gasteiger partial charge in [0.25, 0.3) is 0 Å². The van der Waals surface area contributed by atoms with Crippen LogP contribution in [0.2, 0.25) is 0 Å². The van der Waals surface area contributed by atoms with E-state index in [4.69, 9.17) is 58.3 Å². The topological polar surface area (TPSA) is 198 Å². The number of hydrogen-bond acceptors (Lipinski definition) is 14. The number of ketones is 2. The van der Waals surface area contributed by atoms with Crippen LogP contribution in [0.5, 0.6) is 23.0 Å². The second kappa shape index (κ2) is 37.8. The van der Waals surface area contributed by atoms with Crippen LogP contribution < -0.4 is 18.9 Å². The summed E-state index contributed by atoms with van der Waals surface area (Å²) in [5, 5.41) is 3.10. The summed E-state index contributed by atoms with van der Waals surface area (Å²) in [6, 6.07) is 103. The fourth-order valence-electron chi connectivity index (χ4n) is 28.0. The summed E-state index contributed by atoms with van der Waals surface area (Å²) in [5.74, 6) is 3.96. The van der Waals surface area contributed by atoms with Crippen molar-refractivity contribution in [2.24, 2.45) is 47.3 Å². The predicted molar refractivity (Wildman–Crippen MR) is 580 cm³/mol. The molecule has 0 radical (unpaired) electrons. The molecule has 4 aliphatic carbocycles. The predicted octanol–water partition coefficient (Wildman–Crippen LogP) is 30.1. The second-order valence-electron chi connectivity index (χ2n) is 42.6. The summed E-state index contributed by atoms with van der Waals surface area (Å²) in [6.07, 6.45) is 14.3. The largest absolute Gasteiger partial charge is 0.489 e. The van der Waals surface area contributed by atoms with Gasteiger partial charge in [0, 0.05) is 67.5 Å².